The number of hydrogen-bond acceptors (Lipinski definition) is 4. The molecule has 1 heterocycles. The molecule has 134 valence electrons. The van der Waals surface area contributed by atoms with Crippen LogP contribution >= 0.6 is 0 Å². The summed E-state index contributed by atoms with van der Waals surface area (Å²) in [4.78, 5) is 14.1. The molecule has 1 amide bonds. The van der Waals surface area contributed by atoms with Crippen LogP contribution in [0, 0.1) is 0 Å². The lowest BCUT2D eigenvalue weighted by atomic mass is 10.1. The molecular weight excluding hydrogens is 328 g/mol. The first-order valence-corrected chi connectivity index (χ1v) is 9.94. The van der Waals surface area contributed by atoms with E-state index in [2.05, 4.69) is 0 Å². The summed E-state index contributed by atoms with van der Waals surface area (Å²) in [7, 11) is -3.16. The van der Waals surface area contributed by atoms with Gasteiger partial charge in [0.15, 0.2) is 0 Å². The Bertz CT molecular complexity index is 648. The van der Waals surface area contributed by atoms with E-state index in [1.807, 2.05) is 38.1 Å². The lowest BCUT2D eigenvalue weighted by molar-refractivity contribution is -0.131. The van der Waals surface area contributed by atoms with Gasteiger partial charge >= 0.3 is 0 Å². The number of carbonyl (C=O) groups is 1. The van der Waals surface area contributed by atoms with Gasteiger partial charge in [0.1, 0.15) is 5.75 Å². The van der Waals surface area contributed by atoms with Crippen LogP contribution in [0.15, 0.2) is 24.3 Å². The molecule has 1 saturated heterocycles. The zero-order valence-electron chi connectivity index (χ0n) is 14.6. The van der Waals surface area contributed by atoms with Crippen LogP contribution in [0.3, 0.4) is 0 Å². The average molecular weight is 354 g/mol. The van der Waals surface area contributed by atoms with Crippen LogP contribution in [0.25, 0.3) is 0 Å². The highest BCUT2D eigenvalue weighted by Gasteiger charge is 2.27. The van der Waals surface area contributed by atoms with Gasteiger partial charge in [0, 0.05) is 26.2 Å². The summed E-state index contributed by atoms with van der Waals surface area (Å²) in [6.07, 6.45) is 0.441. The average Bonchev–Trinajstić information content (AvgIpc) is 2.56. The number of nitrogens with zero attached hydrogens (tertiary/aromatic N) is 2. The molecule has 1 aromatic carbocycles. The molecule has 0 atom stereocenters. The monoisotopic (exact) mass is 354 g/mol. The quantitative estimate of drug-likeness (QED) is 0.777. The van der Waals surface area contributed by atoms with Crippen LogP contribution in [0.1, 0.15) is 26.3 Å². The molecule has 0 bridgehead atoms. The van der Waals surface area contributed by atoms with Gasteiger partial charge in [-0.3, -0.25) is 4.79 Å². The number of ether oxygens (including phenoxy) is 1. The van der Waals surface area contributed by atoms with Gasteiger partial charge in [-0.05, 0) is 38.5 Å². The molecule has 0 N–H and O–H groups in total. The van der Waals surface area contributed by atoms with Crippen molar-refractivity contribution in [3.8, 4) is 5.75 Å². The molecule has 0 saturated carbocycles. The van der Waals surface area contributed by atoms with E-state index in [1.54, 1.807) is 11.8 Å². The zero-order chi connectivity index (χ0) is 17.7. The van der Waals surface area contributed by atoms with E-state index < -0.39 is 10.0 Å². The van der Waals surface area contributed by atoms with Gasteiger partial charge in [-0.2, -0.15) is 4.31 Å². The van der Waals surface area contributed by atoms with Crippen molar-refractivity contribution in [3.63, 3.8) is 0 Å². The Morgan fingerprint density at radius 1 is 1.12 bits per heavy atom. The summed E-state index contributed by atoms with van der Waals surface area (Å²) in [6.45, 7) is 7.23. The highest BCUT2D eigenvalue weighted by Crippen LogP contribution is 2.15. The Morgan fingerprint density at radius 3 is 2.21 bits per heavy atom. The molecule has 0 radical (unpaired) electrons. The second kappa shape index (κ2) is 7.98. The predicted octanol–water partition coefficient (Wildman–Crippen LogP) is 1.51. The zero-order valence-corrected chi connectivity index (χ0v) is 15.4. The maximum Gasteiger partial charge on any atom is 0.227 e. The predicted molar refractivity (Wildman–Crippen MR) is 93.5 cm³/mol. The summed E-state index contributed by atoms with van der Waals surface area (Å²) >= 11 is 0. The highest BCUT2D eigenvalue weighted by atomic mass is 32.2. The number of piperazine rings is 1. The third-order valence-electron chi connectivity index (χ3n) is 4.00. The SMILES string of the molecule is CCS(=O)(=O)N1CCN(C(=O)Cc2ccc(OC(C)C)cc2)CC1. The van der Waals surface area contributed by atoms with Crippen LogP contribution < -0.4 is 4.74 Å². The van der Waals surface area contributed by atoms with Crippen molar-refractivity contribution in [1.82, 2.24) is 9.21 Å². The van der Waals surface area contributed by atoms with Crippen LogP contribution in [-0.2, 0) is 21.2 Å². The maximum absolute atomic E-state index is 12.4. The maximum atomic E-state index is 12.4. The number of sulfonamides is 1. The molecule has 0 unspecified atom stereocenters. The molecule has 1 aromatic rings. The van der Waals surface area contributed by atoms with Crippen LogP contribution in [-0.4, -0.2) is 61.6 Å². The Balaban J connectivity index is 1.87. The molecule has 1 fully saturated rings. The molecule has 0 spiro atoms. The number of benzene rings is 1. The van der Waals surface area contributed by atoms with Gasteiger partial charge in [0.2, 0.25) is 15.9 Å². The van der Waals surface area contributed by atoms with Gasteiger partial charge in [-0.25, -0.2) is 8.42 Å². The van der Waals surface area contributed by atoms with Crippen molar-refractivity contribution in [2.75, 3.05) is 31.9 Å². The van der Waals surface area contributed by atoms with E-state index >= 15 is 0 Å². The number of amides is 1. The Hall–Kier alpha value is -1.60. The van der Waals surface area contributed by atoms with E-state index in [0.717, 1.165) is 11.3 Å². The smallest absolute Gasteiger partial charge is 0.227 e. The normalized spacial score (nSPS) is 16.4. The van der Waals surface area contributed by atoms with Crippen molar-refractivity contribution in [3.05, 3.63) is 29.8 Å². The van der Waals surface area contributed by atoms with Gasteiger partial charge in [0.25, 0.3) is 0 Å². The molecule has 0 aliphatic carbocycles. The minimum absolute atomic E-state index is 0.0288. The summed E-state index contributed by atoms with van der Waals surface area (Å²) in [5.74, 6) is 0.923. The second-order valence-corrected chi connectivity index (χ2v) is 8.43. The Kier molecular flexibility index (Phi) is 6.23. The second-order valence-electron chi connectivity index (χ2n) is 6.17. The molecule has 24 heavy (non-hydrogen) atoms. The molecule has 2 rings (SSSR count). The lowest BCUT2D eigenvalue weighted by Crippen LogP contribution is -2.51. The molecule has 6 nitrogen and oxygen atoms in total. The van der Waals surface area contributed by atoms with E-state index in [-0.39, 0.29) is 17.8 Å². The van der Waals surface area contributed by atoms with Crippen LogP contribution in [0.5, 0.6) is 5.75 Å². The fourth-order valence-electron chi connectivity index (χ4n) is 2.64. The Morgan fingerprint density at radius 2 is 1.71 bits per heavy atom. The first-order chi connectivity index (χ1) is 11.3. The third-order valence-corrected chi connectivity index (χ3v) is 5.88. The van der Waals surface area contributed by atoms with E-state index in [0.29, 0.717) is 32.6 Å². The summed E-state index contributed by atoms with van der Waals surface area (Å²) in [5, 5.41) is 0. The number of hydrogen-bond donors (Lipinski definition) is 0. The summed E-state index contributed by atoms with van der Waals surface area (Å²) in [6, 6.07) is 7.53. The molecule has 0 aromatic heterocycles. The third kappa shape index (κ3) is 4.95. The van der Waals surface area contributed by atoms with Crippen molar-refractivity contribution < 1.29 is 17.9 Å². The Labute approximate surface area is 144 Å². The topological polar surface area (TPSA) is 66.9 Å². The first kappa shape index (κ1) is 18.7. The summed E-state index contributed by atoms with van der Waals surface area (Å²) in [5.41, 5.74) is 0.930. The molecule has 1 aliphatic heterocycles. The van der Waals surface area contributed by atoms with Crippen molar-refractivity contribution in [1.29, 1.82) is 0 Å². The van der Waals surface area contributed by atoms with Crippen molar-refractivity contribution in [2.24, 2.45) is 0 Å². The van der Waals surface area contributed by atoms with Gasteiger partial charge in [0.05, 0.1) is 18.3 Å². The molecular formula is C17H26N2O4S. The van der Waals surface area contributed by atoms with Crippen molar-refractivity contribution in [2.45, 2.75) is 33.3 Å². The van der Waals surface area contributed by atoms with Crippen LogP contribution in [0.2, 0.25) is 0 Å². The summed E-state index contributed by atoms with van der Waals surface area (Å²) < 4.78 is 30.7. The molecule has 1 aliphatic rings. The minimum Gasteiger partial charge on any atom is -0.491 e. The minimum atomic E-state index is -3.16. The fourth-order valence-corrected chi connectivity index (χ4v) is 3.73. The van der Waals surface area contributed by atoms with E-state index in [9.17, 15) is 13.2 Å². The fraction of sp³-hybridized carbons (Fsp3) is 0.588. The van der Waals surface area contributed by atoms with Gasteiger partial charge in [-0.1, -0.05) is 12.1 Å². The lowest BCUT2D eigenvalue weighted by Gasteiger charge is -2.33. The van der Waals surface area contributed by atoms with Crippen LogP contribution in [0.4, 0.5) is 0 Å². The number of carbonyl (C=O) groups excluding carboxylic acids is 1. The van der Waals surface area contributed by atoms with E-state index in [4.69, 9.17) is 4.74 Å². The molecule has 7 heteroatoms. The standard InChI is InChI=1S/C17H26N2O4S/c1-4-24(21,22)19-11-9-18(10-12-19)17(20)13-15-5-7-16(8-6-15)23-14(2)3/h5-8,14H,4,9-13H2,1-3H3. The van der Waals surface area contributed by atoms with Gasteiger partial charge in [-0.15, -0.1) is 0 Å². The van der Waals surface area contributed by atoms with Crippen molar-refractivity contribution >= 4 is 15.9 Å². The largest absolute Gasteiger partial charge is 0.491 e. The number of rotatable bonds is 6. The van der Waals surface area contributed by atoms with Gasteiger partial charge < -0.3 is 9.64 Å². The van der Waals surface area contributed by atoms with E-state index in [1.165, 1.54) is 4.31 Å². The highest BCUT2D eigenvalue weighted by molar-refractivity contribution is 7.89. The first-order valence-electron chi connectivity index (χ1n) is 8.33.